The van der Waals surface area contributed by atoms with Crippen LogP contribution in [0.25, 0.3) is 0 Å². The summed E-state index contributed by atoms with van der Waals surface area (Å²) >= 11 is 0. The Hall–Kier alpha value is -0.170. The lowest BCUT2D eigenvalue weighted by atomic mass is 9.83. The minimum absolute atomic E-state index is 0.0695. The molecule has 0 aromatic carbocycles. The lowest BCUT2D eigenvalue weighted by Gasteiger charge is -2.37. The summed E-state index contributed by atoms with van der Waals surface area (Å²) in [5, 5.41) is 9.39. The minimum Gasteiger partial charge on any atom is -0.395 e. The highest BCUT2D eigenvalue weighted by atomic mass is 32.2. The zero-order valence-corrected chi connectivity index (χ0v) is 13.2. The predicted molar refractivity (Wildman–Crippen MR) is 79.5 cm³/mol. The third-order valence-corrected chi connectivity index (χ3v) is 6.53. The molecule has 0 aromatic heterocycles. The quantitative estimate of drug-likeness (QED) is 0.811. The molecular weight excluding hydrogens is 276 g/mol. The van der Waals surface area contributed by atoms with E-state index in [1.807, 2.05) is 0 Å². The van der Waals surface area contributed by atoms with E-state index in [4.69, 9.17) is 0 Å². The van der Waals surface area contributed by atoms with Gasteiger partial charge in [0.05, 0.1) is 6.61 Å². The molecule has 0 amide bonds. The average molecular weight is 304 g/mol. The van der Waals surface area contributed by atoms with E-state index in [0.29, 0.717) is 12.5 Å². The largest absolute Gasteiger partial charge is 0.395 e. The van der Waals surface area contributed by atoms with Crippen LogP contribution in [0.15, 0.2) is 0 Å². The van der Waals surface area contributed by atoms with Gasteiger partial charge in [-0.15, -0.1) is 0 Å². The van der Waals surface area contributed by atoms with Crippen molar-refractivity contribution in [2.45, 2.75) is 70.4 Å². The van der Waals surface area contributed by atoms with E-state index in [0.717, 1.165) is 44.9 Å². The van der Waals surface area contributed by atoms with Crippen molar-refractivity contribution in [2.24, 2.45) is 5.92 Å². The number of aliphatic hydroxyl groups is 1. The fraction of sp³-hybridized carbons (Fsp3) is 1.00. The van der Waals surface area contributed by atoms with Crippen molar-refractivity contribution >= 4 is 10.2 Å². The summed E-state index contributed by atoms with van der Waals surface area (Å²) in [5.74, 6) is 0.455. The molecule has 3 atom stereocenters. The minimum atomic E-state index is -3.46. The van der Waals surface area contributed by atoms with Crippen molar-refractivity contribution in [2.75, 3.05) is 13.2 Å². The molecule has 0 bridgehead atoms. The molecule has 0 radical (unpaired) electrons. The van der Waals surface area contributed by atoms with Crippen molar-refractivity contribution in [1.29, 1.82) is 0 Å². The van der Waals surface area contributed by atoms with Crippen LogP contribution < -0.4 is 4.72 Å². The van der Waals surface area contributed by atoms with Crippen LogP contribution in [0.2, 0.25) is 0 Å². The van der Waals surface area contributed by atoms with Crippen molar-refractivity contribution in [1.82, 2.24) is 9.03 Å². The van der Waals surface area contributed by atoms with Gasteiger partial charge in [0, 0.05) is 18.6 Å². The molecule has 0 aromatic rings. The molecule has 0 spiro atoms. The summed E-state index contributed by atoms with van der Waals surface area (Å²) in [4.78, 5) is 0. The molecule has 20 heavy (non-hydrogen) atoms. The summed E-state index contributed by atoms with van der Waals surface area (Å²) in [6.45, 7) is 2.58. The first-order valence-electron chi connectivity index (χ1n) is 7.98. The number of rotatable bonds is 5. The highest BCUT2D eigenvalue weighted by Crippen LogP contribution is 2.28. The van der Waals surface area contributed by atoms with Crippen molar-refractivity contribution in [3.63, 3.8) is 0 Å². The van der Waals surface area contributed by atoms with Gasteiger partial charge >= 0.3 is 0 Å². The first kappa shape index (κ1) is 16.2. The second-order valence-electron chi connectivity index (χ2n) is 6.13. The van der Waals surface area contributed by atoms with Crippen LogP contribution in [0.3, 0.4) is 0 Å². The summed E-state index contributed by atoms with van der Waals surface area (Å²) in [5.41, 5.74) is 0. The van der Waals surface area contributed by atoms with E-state index >= 15 is 0 Å². The van der Waals surface area contributed by atoms with Crippen LogP contribution in [0.5, 0.6) is 0 Å². The molecular formula is C14H28N2O3S. The summed E-state index contributed by atoms with van der Waals surface area (Å²) in [6.07, 6.45) is 8.04. The Kier molecular flexibility index (Phi) is 5.84. The second kappa shape index (κ2) is 7.20. The van der Waals surface area contributed by atoms with Gasteiger partial charge in [0.15, 0.2) is 0 Å². The highest BCUT2D eigenvalue weighted by molar-refractivity contribution is 7.87. The topological polar surface area (TPSA) is 69.6 Å². The molecule has 1 heterocycles. The van der Waals surface area contributed by atoms with Gasteiger partial charge in [-0.05, 0) is 31.6 Å². The zero-order chi connectivity index (χ0) is 14.6. The smallest absolute Gasteiger partial charge is 0.280 e. The third-order valence-electron chi connectivity index (χ3n) is 4.83. The molecule has 6 heteroatoms. The molecule has 2 fully saturated rings. The van der Waals surface area contributed by atoms with Gasteiger partial charge in [-0.2, -0.15) is 17.4 Å². The van der Waals surface area contributed by atoms with Gasteiger partial charge in [0.25, 0.3) is 10.2 Å². The van der Waals surface area contributed by atoms with E-state index in [2.05, 4.69) is 11.6 Å². The van der Waals surface area contributed by atoms with E-state index < -0.39 is 10.2 Å². The molecule has 5 nitrogen and oxygen atoms in total. The molecule has 2 rings (SSSR count). The lowest BCUT2D eigenvalue weighted by molar-refractivity contribution is 0.152. The molecule has 3 unspecified atom stereocenters. The van der Waals surface area contributed by atoms with Gasteiger partial charge in [0.1, 0.15) is 0 Å². The zero-order valence-electron chi connectivity index (χ0n) is 12.4. The van der Waals surface area contributed by atoms with Gasteiger partial charge in [0.2, 0.25) is 0 Å². The molecule has 1 aliphatic heterocycles. The number of nitrogens with zero attached hydrogens (tertiary/aromatic N) is 1. The lowest BCUT2D eigenvalue weighted by Crippen LogP contribution is -2.54. The van der Waals surface area contributed by atoms with E-state index in [1.54, 1.807) is 0 Å². The maximum absolute atomic E-state index is 12.6. The molecule has 1 saturated heterocycles. The van der Waals surface area contributed by atoms with Gasteiger partial charge < -0.3 is 5.11 Å². The normalized spacial score (nSPS) is 33.2. The number of aliphatic hydroxyl groups excluding tert-OH is 1. The Morgan fingerprint density at radius 1 is 1.15 bits per heavy atom. The van der Waals surface area contributed by atoms with Crippen LogP contribution >= 0.6 is 0 Å². The fourth-order valence-corrected chi connectivity index (χ4v) is 5.35. The van der Waals surface area contributed by atoms with Crippen LogP contribution in [0.4, 0.5) is 0 Å². The van der Waals surface area contributed by atoms with Crippen molar-refractivity contribution in [3.05, 3.63) is 0 Å². The maximum atomic E-state index is 12.6. The Balaban J connectivity index is 2.05. The highest BCUT2D eigenvalue weighted by Gasteiger charge is 2.35. The van der Waals surface area contributed by atoms with Gasteiger partial charge in [-0.1, -0.05) is 32.6 Å². The van der Waals surface area contributed by atoms with Gasteiger partial charge in [-0.3, -0.25) is 0 Å². The molecule has 2 aliphatic rings. The standard InChI is InChI=1S/C14H28N2O3S/c1-2-12-7-3-4-9-14(12)15-20(18,19)16-10-6-5-8-13(16)11-17/h12-15,17H,2-11H2,1H3. The maximum Gasteiger partial charge on any atom is 0.280 e. The van der Waals surface area contributed by atoms with Crippen LogP contribution in [-0.2, 0) is 10.2 Å². The van der Waals surface area contributed by atoms with Crippen LogP contribution in [0, 0.1) is 5.92 Å². The molecule has 118 valence electrons. The first-order chi connectivity index (χ1) is 9.58. The molecule has 2 N–H and O–H groups in total. The number of hydrogen-bond acceptors (Lipinski definition) is 3. The Bertz CT molecular complexity index is 399. The van der Waals surface area contributed by atoms with Gasteiger partial charge in [-0.25, -0.2) is 0 Å². The number of piperidine rings is 1. The second-order valence-corrected chi connectivity index (χ2v) is 7.78. The average Bonchev–Trinajstić information content (AvgIpc) is 2.47. The molecule has 1 aliphatic carbocycles. The summed E-state index contributed by atoms with van der Waals surface area (Å²) in [6, 6.07) is -0.176. The fourth-order valence-electron chi connectivity index (χ4n) is 3.58. The third kappa shape index (κ3) is 3.72. The SMILES string of the molecule is CCC1CCCCC1NS(=O)(=O)N1CCCCC1CO. The Morgan fingerprint density at radius 3 is 2.55 bits per heavy atom. The molecule has 1 saturated carbocycles. The van der Waals surface area contributed by atoms with Crippen molar-refractivity contribution < 1.29 is 13.5 Å². The van der Waals surface area contributed by atoms with Crippen LogP contribution in [0.1, 0.15) is 58.3 Å². The monoisotopic (exact) mass is 304 g/mol. The predicted octanol–water partition coefficient (Wildman–Crippen LogP) is 1.64. The number of hydrogen-bond donors (Lipinski definition) is 2. The van der Waals surface area contributed by atoms with E-state index in [1.165, 1.54) is 10.7 Å². The Labute approximate surface area is 122 Å². The first-order valence-corrected chi connectivity index (χ1v) is 9.42. The van der Waals surface area contributed by atoms with E-state index in [-0.39, 0.29) is 18.7 Å². The van der Waals surface area contributed by atoms with E-state index in [9.17, 15) is 13.5 Å². The van der Waals surface area contributed by atoms with Crippen molar-refractivity contribution in [3.8, 4) is 0 Å². The van der Waals surface area contributed by atoms with Crippen LogP contribution in [-0.4, -0.2) is 43.1 Å². The summed E-state index contributed by atoms with van der Waals surface area (Å²) < 4.78 is 29.6. The Morgan fingerprint density at radius 2 is 1.85 bits per heavy atom. The summed E-state index contributed by atoms with van der Waals surface area (Å²) in [7, 11) is -3.46. The number of nitrogens with one attached hydrogen (secondary N) is 1.